The highest BCUT2D eigenvalue weighted by Gasteiger charge is 2.43. The highest BCUT2D eigenvalue weighted by molar-refractivity contribution is 6.15. The number of aromatic nitrogens is 4. The monoisotopic (exact) mass is 948 g/mol. The van der Waals surface area contributed by atoms with Crippen LogP contribution in [-0.2, 0) is 10.8 Å². The zero-order valence-electron chi connectivity index (χ0n) is 42.0. The molecule has 0 amide bonds. The van der Waals surface area contributed by atoms with Crippen molar-refractivity contribution in [2.75, 3.05) is 0 Å². The number of hydrogen-bond acceptors (Lipinski definition) is 0. The highest BCUT2D eigenvalue weighted by atomic mass is 15.1. The van der Waals surface area contributed by atoms with Crippen molar-refractivity contribution in [2.24, 2.45) is 0 Å². The molecule has 2 aliphatic heterocycles. The molecule has 0 spiro atoms. The fraction of sp³-hybridized carbons (Fsp3) is 0.114. The molecule has 0 bridgehead atoms. The van der Waals surface area contributed by atoms with Gasteiger partial charge in [-0.1, -0.05) is 167 Å². The Balaban J connectivity index is 0.935. The molecule has 0 saturated carbocycles. The Morgan fingerprint density at radius 3 is 1.28 bits per heavy atom. The van der Waals surface area contributed by atoms with E-state index in [0.717, 1.165) is 18.5 Å². The maximum atomic E-state index is 2.58. The van der Waals surface area contributed by atoms with Crippen molar-refractivity contribution in [1.29, 1.82) is 0 Å². The first-order chi connectivity index (χ1) is 36.3. The minimum atomic E-state index is -0.258. The van der Waals surface area contributed by atoms with E-state index in [-0.39, 0.29) is 10.8 Å². The molecule has 0 atom stereocenters. The van der Waals surface area contributed by atoms with Crippen molar-refractivity contribution >= 4 is 71.1 Å². The zero-order chi connectivity index (χ0) is 49.2. The van der Waals surface area contributed by atoms with Crippen LogP contribution in [0.1, 0.15) is 63.1 Å². The molecular formula is C70H52N4. The van der Waals surface area contributed by atoms with Crippen LogP contribution >= 0.6 is 0 Å². The van der Waals surface area contributed by atoms with Crippen molar-refractivity contribution < 1.29 is 0 Å². The predicted molar refractivity (Wildman–Crippen MR) is 311 cm³/mol. The fourth-order valence-corrected chi connectivity index (χ4v) is 14.0. The van der Waals surface area contributed by atoms with Crippen molar-refractivity contribution in [1.82, 2.24) is 18.3 Å². The molecule has 16 rings (SSSR count). The lowest BCUT2D eigenvalue weighted by Crippen LogP contribution is -2.16. The molecule has 0 N–H and O–H groups in total. The minimum Gasteiger partial charge on any atom is -0.313 e. The topological polar surface area (TPSA) is 19.7 Å². The van der Waals surface area contributed by atoms with Crippen LogP contribution in [0.15, 0.2) is 218 Å². The number of fused-ring (bicyclic) bond motifs is 16. The summed E-state index contributed by atoms with van der Waals surface area (Å²) in [5, 5.41) is 7.65. The van der Waals surface area contributed by atoms with E-state index in [0.29, 0.717) is 0 Å². The van der Waals surface area contributed by atoms with Gasteiger partial charge >= 0.3 is 0 Å². The van der Waals surface area contributed by atoms with Crippen molar-refractivity contribution in [2.45, 2.75) is 51.4 Å². The molecule has 0 unspecified atom stereocenters. The third-order valence-corrected chi connectivity index (χ3v) is 17.3. The smallest absolute Gasteiger partial charge is 0.0545 e. The second-order valence-corrected chi connectivity index (χ2v) is 22.0. The van der Waals surface area contributed by atoms with Gasteiger partial charge in [0.15, 0.2) is 0 Å². The standard InChI is InChI=1S/C70H52N4/c1-69(2)55-41-61-53(39-63(55)73-57-31-19-17-29-49(57)65(67(69)73)43-21-9-5-10-22-43)51-37-45(33-35-59(51)71(61)47-25-13-7-14-26-47)46-34-36-60-52(38-46)54-40-64-56(42-62(54)72(60)48-27-15-8-16-28-48)70(3,4)68-66(44-23-11-6-12-24-44)50-30-18-20-32-58(50)74(64)68/h5-15,17-27,29-42H,16,28H2,1-4H3. The molecule has 352 valence electrons. The summed E-state index contributed by atoms with van der Waals surface area (Å²) in [5.74, 6) is 0. The van der Waals surface area contributed by atoms with Crippen LogP contribution in [0.2, 0.25) is 0 Å². The fourth-order valence-electron chi connectivity index (χ4n) is 14.0. The lowest BCUT2D eigenvalue weighted by Gasteiger charge is -2.22. The molecule has 0 saturated heterocycles. The van der Waals surface area contributed by atoms with Crippen LogP contribution in [0.4, 0.5) is 0 Å². The molecular weight excluding hydrogens is 897 g/mol. The van der Waals surface area contributed by atoms with E-state index >= 15 is 0 Å². The minimum absolute atomic E-state index is 0.245. The molecule has 4 aromatic heterocycles. The van der Waals surface area contributed by atoms with Crippen LogP contribution in [-0.4, -0.2) is 18.3 Å². The summed E-state index contributed by atoms with van der Waals surface area (Å²) in [6.07, 6.45) is 8.90. The Hall–Kier alpha value is -8.86. The second-order valence-electron chi connectivity index (χ2n) is 22.0. The van der Waals surface area contributed by atoms with Gasteiger partial charge in [0, 0.05) is 77.0 Å². The first kappa shape index (κ1) is 41.7. The number of benzene rings is 9. The molecule has 6 heterocycles. The molecule has 0 radical (unpaired) electrons. The molecule has 4 nitrogen and oxygen atoms in total. The van der Waals surface area contributed by atoms with Crippen LogP contribution in [0.3, 0.4) is 0 Å². The molecule has 74 heavy (non-hydrogen) atoms. The van der Waals surface area contributed by atoms with Crippen molar-refractivity contribution in [3.8, 4) is 50.4 Å². The van der Waals surface area contributed by atoms with E-state index in [1.165, 1.54) is 138 Å². The van der Waals surface area contributed by atoms with Gasteiger partial charge in [-0.25, -0.2) is 0 Å². The lowest BCUT2D eigenvalue weighted by atomic mass is 9.79. The summed E-state index contributed by atoms with van der Waals surface area (Å²) in [4.78, 5) is 0. The average molecular weight is 949 g/mol. The second kappa shape index (κ2) is 14.9. The van der Waals surface area contributed by atoms with Crippen molar-refractivity contribution in [3.63, 3.8) is 0 Å². The van der Waals surface area contributed by atoms with Gasteiger partial charge in [0.2, 0.25) is 0 Å². The largest absolute Gasteiger partial charge is 0.313 e. The van der Waals surface area contributed by atoms with Crippen LogP contribution in [0.25, 0.3) is 122 Å². The maximum absolute atomic E-state index is 2.58. The van der Waals surface area contributed by atoms with Crippen LogP contribution in [0, 0.1) is 0 Å². The van der Waals surface area contributed by atoms with Gasteiger partial charge in [-0.05, 0) is 125 Å². The third-order valence-electron chi connectivity index (χ3n) is 17.3. The van der Waals surface area contributed by atoms with Gasteiger partial charge in [-0.3, -0.25) is 0 Å². The van der Waals surface area contributed by atoms with Gasteiger partial charge < -0.3 is 18.3 Å². The molecule has 1 aliphatic carbocycles. The quantitative estimate of drug-likeness (QED) is 0.164. The van der Waals surface area contributed by atoms with Crippen molar-refractivity contribution in [3.05, 3.63) is 241 Å². The number of nitrogens with zero attached hydrogens (tertiary/aromatic N) is 4. The summed E-state index contributed by atoms with van der Waals surface area (Å²) in [5.41, 5.74) is 25.0. The molecule has 4 heteroatoms. The Kier molecular flexibility index (Phi) is 8.38. The summed E-state index contributed by atoms with van der Waals surface area (Å²) in [6.45, 7) is 9.69. The molecule has 9 aromatic carbocycles. The van der Waals surface area contributed by atoms with E-state index in [4.69, 9.17) is 0 Å². The van der Waals surface area contributed by atoms with Gasteiger partial charge in [0.25, 0.3) is 0 Å². The zero-order valence-corrected chi connectivity index (χ0v) is 42.0. The van der Waals surface area contributed by atoms with Crippen LogP contribution < -0.4 is 0 Å². The van der Waals surface area contributed by atoms with E-state index < -0.39 is 0 Å². The lowest BCUT2D eigenvalue weighted by molar-refractivity contribution is 0.647. The SMILES string of the molecule is CC1(C)c2cc3c(cc2-n2c1c(-c1ccccc1)c1ccccc12)c1cc(-c2ccc4c(c2)c2cc5c(cc2n4-c2ccccc2)C(C)(C)c2c(-c4ccccc4)c4ccccc4n2-5)ccc1n3C1=CC=CCC1. The Morgan fingerprint density at radius 2 is 0.784 bits per heavy atom. The third kappa shape index (κ3) is 5.47. The number of allylic oxidation sites excluding steroid dienone is 4. The van der Waals surface area contributed by atoms with Crippen LogP contribution in [0.5, 0.6) is 0 Å². The van der Waals surface area contributed by atoms with E-state index in [9.17, 15) is 0 Å². The Labute approximate surface area is 430 Å². The molecule has 13 aromatic rings. The Bertz CT molecular complexity index is 4620. The Morgan fingerprint density at radius 1 is 0.351 bits per heavy atom. The molecule has 3 aliphatic rings. The van der Waals surface area contributed by atoms with Gasteiger partial charge in [0.1, 0.15) is 0 Å². The summed E-state index contributed by atoms with van der Waals surface area (Å²) >= 11 is 0. The van der Waals surface area contributed by atoms with E-state index in [1.807, 2.05) is 0 Å². The normalized spacial score (nSPS) is 15.2. The van der Waals surface area contributed by atoms with Gasteiger partial charge in [-0.15, -0.1) is 0 Å². The summed E-state index contributed by atoms with van der Waals surface area (Å²) < 4.78 is 10.2. The highest BCUT2D eigenvalue weighted by Crippen LogP contribution is 2.55. The average Bonchev–Trinajstić information content (AvgIpc) is 4.27. The first-order valence-corrected chi connectivity index (χ1v) is 26.3. The summed E-state index contributed by atoms with van der Waals surface area (Å²) in [7, 11) is 0. The maximum Gasteiger partial charge on any atom is 0.0545 e. The molecule has 0 fully saturated rings. The first-order valence-electron chi connectivity index (χ1n) is 26.3. The van der Waals surface area contributed by atoms with Gasteiger partial charge in [0.05, 0.1) is 44.5 Å². The predicted octanol–water partition coefficient (Wildman–Crippen LogP) is 18.2. The van der Waals surface area contributed by atoms with E-state index in [1.54, 1.807) is 0 Å². The number of hydrogen-bond donors (Lipinski definition) is 0. The number of rotatable bonds is 5. The number of para-hydroxylation sites is 3. The van der Waals surface area contributed by atoms with Gasteiger partial charge in [-0.2, -0.15) is 0 Å². The summed E-state index contributed by atoms with van der Waals surface area (Å²) in [6, 6.07) is 75.4. The van der Waals surface area contributed by atoms with E-state index in [2.05, 4.69) is 264 Å².